The van der Waals surface area contributed by atoms with Crippen molar-refractivity contribution in [2.75, 3.05) is 24.2 Å². The molecule has 6 nitrogen and oxygen atoms in total. The molecule has 0 bridgehead atoms. The van der Waals surface area contributed by atoms with E-state index in [2.05, 4.69) is 40.3 Å². The number of anilines is 1. The Bertz CT molecular complexity index is 958. The molecule has 8 heteroatoms. The van der Waals surface area contributed by atoms with Crippen molar-refractivity contribution >= 4 is 35.0 Å². The third-order valence-corrected chi connectivity index (χ3v) is 5.62. The van der Waals surface area contributed by atoms with Crippen molar-refractivity contribution in [2.24, 2.45) is 0 Å². The van der Waals surface area contributed by atoms with Crippen molar-refractivity contribution in [1.29, 1.82) is 0 Å². The number of nitrogens with one attached hydrogen (secondary N) is 1. The van der Waals surface area contributed by atoms with Crippen LogP contribution in [-0.2, 0) is 11.3 Å². The van der Waals surface area contributed by atoms with Gasteiger partial charge in [0.05, 0.1) is 11.4 Å². The van der Waals surface area contributed by atoms with E-state index >= 15 is 0 Å². The Kier molecular flexibility index (Phi) is 7.69. The fraction of sp³-hybridized carbons (Fsp3) is 0.286. The van der Waals surface area contributed by atoms with E-state index in [1.54, 1.807) is 6.33 Å². The van der Waals surface area contributed by atoms with Gasteiger partial charge in [-0.05, 0) is 49.0 Å². The highest BCUT2D eigenvalue weighted by Gasteiger charge is 2.11. The third kappa shape index (κ3) is 6.06. The summed E-state index contributed by atoms with van der Waals surface area (Å²) in [7, 11) is 0. The Labute approximate surface area is 180 Å². The number of carbonyl (C=O) groups is 1. The number of hydrogen-bond acceptors (Lipinski definition) is 5. The van der Waals surface area contributed by atoms with Crippen molar-refractivity contribution < 1.29 is 4.79 Å². The summed E-state index contributed by atoms with van der Waals surface area (Å²) in [5, 5.41) is 12.3. The number of hydrogen-bond donors (Lipinski definition) is 1. The van der Waals surface area contributed by atoms with E-state index in [1.165, 1.54) is 17.3 Å². The van der Waals surface area contributed by atoms with Gasteiger partial charge in [-0.3, -0.25) is 14.3 Å². The standard InChI is InChI=1S/C21H24ClN5OS/c1-3-26(4-2)13-16-7-5-9-18(11-16)24-20(28)14-29-21-25-23-15-27(21)19-10-6-8-17(22)12-19/h5-12,15H,3-4,13-14H2,1-2H3,(H,24,28). The molecule has 1 aromatic heterocycles. The molecular weight excluding hydrogens is 406 g/mol. The zero-order chi connectivity index (χ0) is 20.6. The molecule has 1 amide bonds. The molecule has 3 aromatic rings. The molecule has 0 saturated carbocycles. The zero-order valence-corrected chi connectivity index (χ0v) is 18.1. The lowest BCUT2D eigenvalue weighted by Crippen LogP contribution is -2.22. The lowest BCUT2D eigenvalue weighted by molar-refractivity contribution is -0.113. The van der Waals surface area contributed by atoms with Gasteiger partial charge < -0.3 is 5.32 Å². The van der Waals surface area contributed by atoms with Crippen molar-refractivity contribution in [3.05, 3.63) is 65.4 Å². The Balaban J connectivity index is 1.59. The summed E-state index contributed by atoms with van der Waals surface area (Å²) in [6.07, 6.45) is 1.61. The molecule has 0 saturated heterocycles. The van der Waals surface area contributed by atoms with E-state index in [0.29, 0.717) is 10.2 Å². The highest BCUT2D eigenvalue weighted by atomic mass is 35.5. The van der Waals surface area contributed by atoms with Crippen LogP contribution >= 0.6 is 23.4 Å². The van der Waals surface area contributed by atoms with Gasteiger partial charge in [0.1, 0.15) is 6.33 Å². The molecule has 0 aliphatic rings. The fourth-order valence-electron chi connectivity index (χ4n) is 2.91. The first-order chi connectivity index (χ1) is 14.1. The van der Waals surface area contributed by atoms with E-state index in [-0.39, 0.29) is 11.7 Å². The summed E-state index contributed by atoms with van der Waals surface area (Å²) in [4.78, 5) is 14.8. The molecule has 0 fully saturated rings. The first kappa shape index (κ1) is 21.4. The number of carbonyl (C=O) groups excluding carboxylic acids is 1. The van der Waals surface area contributed by atoms with Crippen LogP contribution in [0.3, 0.4) is 0 Å². The quantitative estimate of drug-likeness (QED) is 0.507. The van der Waals surface area contributed by atoms with Crippen LogP contribution in [0.1, 0.15) is 19.4 Å². The number of amides is 1. The van der Waals surface area contributed by atoms with Crippen molar-refractivity contribution in [3.8, 4) is 5.69 Å². The molecular formula is C21H24ClN5OS. The van der Waals surface area contributed by atoms with Crippen LogP contribution < -0.4 is 5.32 Å². The van der Waals surface area contributed by atoms with Crippen LogP contribution in [-0.4, -0.2) is 44.4 Å². The van der Waals surface area contributed by atoms with E-state index in [4.69, 9.17) is 11.6 Å². The summed E-state index contributed by atoms with van der Waals surface area (Å²) >= 11 is 7.40. The molecule has 0 unspecified atom stereocenters. The Morgan fingerprint density at radius 3 is 2.72 bits per heavy atom. The molecule has 3 rings (SSSR count). The van der Waals surface area contributed by atoms with Crippen LogP contribution in [0.4, 0.5) is 5.69 Å². The minimum Gasteiger partial charge on any atom is -0.325 e. The average molecular weight is 430 g/mol. The number of aromatic nitrogens is 3. The first-order valence-corrected chi connectivity index (χ1v) is 10.8. The SMILES string of the molecule is CCN(CC)Cc1cccc(NC(=O)CSc2nncn2-c2cccc(Cl)c2)c1. The van der Waals surface area contributed by atoms with Crippen LogP contribution in [0.25, 0.3) is 5.69 Å². The van der Waals surface area contributed by atoms with Crippen LogP contribution in [0.5, 0.6) is 0 Å². The molecule has 152 valence electrons. The van der Waals surface area contributed by atoms with E-state index in [9.17, 15) is 4.79 Å². The molecule has 2 aromatic carbocycles. The second-order valence-electron chi connectivity index (χ2n) is 6.46. The van der Waals surface area contributed by atoms with E-state index < -0.39 is 0 Å². The summed E-state index contributed by atoms with van der Waals surface area (Å²) in [5.74, 6) is 0.148. The van der Waals surface area contributed by atoms with E-state index in [0.717, 1.165) is 31.0 Å². The van der Waals surface area contributed by atoms with Crippen LogP contribution in [0.15, 0.2) is 60.0 Å². The number of thioether (sulfide) groups is 1. The molecule has 0 atom stereocenters. The lowest BCUT2D eigenvalue weighted by Gasteiger charge is -2.18. The molecule has 0 radical (unpaired) electrons. The molecule has 29 heavy (non-hydrogen) atoms. The predicted octanol–water partition coefficient (Wildman–Crippen LogP) is 4.49. The van der Waals surface area contributed by atoms with Gasteiger partial charge in [0, 0.05) is 17.3 Å². The van der Waals surface area contributed by atoms with Gasteiger partial charge >= 0.3 is 0 Å². The maximum atomic E-state index is 12.4. The summed E-state index contributed by atoms with van der Waals surface area (Å²) in [5.41, 5.74) is 2.84. The number of nitrogens with zero attached hydrogens (tertiary/aromatic N) is 4. The zero-order valence-electron chi connectivity index (χ0n) is 16.5. The van der Waals surface area contributed by atoms with Crippen LogP contribution in [0, 0.1) is 0 Å². The van der Waals surface area contributed by atoms with Gasteiger partial charge in [0.15, 0.2) is 5.16 Å². The largest absolute Gasteiger partial charge is 0.325 e. The lowest BCUT2D eigenvalue weighted by atomic mass is 10.2. The monoisotopic (exact) mass is 429 g/mol. The molecule has 1 heterocycles. The maximum absolute atomic E-state index is 12.4. The highest BCUT2D eigenvalue weighted by Crippen LogP contribution is 2.22. The van der Waals surface area contributed by atoms with Gasteiger partial charge in [-0.1, -0.05) is 55.4 Å². The second-order valence-corrected chi connectivity index (χ2v) is 7.84. The molecule has 0 aliphatic carbocycles. The van der Waals surface area contributed by atoms with Crippen molar-refractivity contribution in [3.63, 3.8) is 0 Å². The van der Waals surface area contributed by atoms with E-state index in [1.807, 2.05) is 47.0 Å². The smallest absolute Gasteiger partial charge is 0.234 e. The number of rotatable bonds is 9. The first-order valence-electron chi connectivity index (χ1n) is 9.49. The summed E-state index contributed by atoms with van der Waals surface area (Å²) in [6, 6.07) is 15.4. The Hall–Kier alpha value is -2.35. The summed E-state index contributed by atoms with van der Waals surface area (Å²) < 4.78 is 1.81. The van der Waals surface area contributed by atoms with Gasteiger partial charge in [-0.15, -0.1) is 10.2 Å². The number of halogens is 1. The fourth-order valence-corrected chi connectivity index (χ4v) is 3.82. The summed E-state index contributed by atoms with van der Waals surface area (Å²) in [6.45, 7) is 7.16. The molecule has 0 aliphatic heterocycles. The normalized spacial score (nSPS) is 11.0. The molecule has 0 spiro atoms. The minimum absolute atomic E-state index is 0.0874. The van der Waals surface area contributed by atoms with Gasteiger partial charge in [-0.2, -0.15) is 0 Å². The topological polar surface area (TPSA) is 63.1 Å². The van der Waals surface area contributed by atoms with Gasteiger partial charge in [-0.25, -0.2) is 0 Å². The average Bonchev–Trinajstić information content (AvgIpc) is 3.19. The van der Waals surface area contributed by atoms with Gasteiger partial charge in [0.25, 0.3) is 0 Å². The number of benzene rings is 2. The van der Waals surface area contributed by atoms with Crippen molar-refractivity contribution in [2.45, 2.75) is 25.5 Å². The highest BCUT2D eigenvalue weighted by molar-refractivity contribution is 7.99. The Morgan fingerprint density at radius 2 is 1.97 bits per heavy atom. The van der Waals surface area contributed by atoms with Gasteiger partial charge in [0.2, 0.25) is 5.91 Å². The van der Waals surface area contributed by atoms with Crippen molar-refractivity contribution in [1.82, 2.24) is 19.7 Å². The molecule has 1 N–H and O–H groups in total. The third-order valence-electron chi connectivity index (χ3n) is 4.45. The maximum Gasteiger partial charge on any atom is 0.234 e. The second kappa shape index (κ2) is 10.4. The Morgan fingerprint density at radius 1 is 1.17 bits per heavy atom. The van der Waals surface area contributed by atoms with Crippen LogP contribution in [0.2, 0.25) is 5.02 Å². The predicted molar refractivity (Wildman–Crippen MR) is 119 cm³/mol. The minimum atomic E-state index is -0.0874.